The van der Waals surface area contributed by atoms with Gasteiger partial charge in [0.25, 0.3) is 0 Å². The topological polar surface area (TPSA) is 55.8 Å². The number of Topliss-reactive ketones (excluding diaryl/α,β-unsaturated/α-hetero) is 2. The van der Waals surface area contributed by atoms with Crippen molar-refractivity contribution in [1.29, 1.82) is 0 Å². The standard InChI is InChI=1S/C28H28FNO4/c1-30-20-8-4-10-22(31)27(20)26(28-21(30)9-5-11-23(28)32)18-12-13-24(25(15-18)33-2)34-16-17-6-3-7-19(29)14-17/h3,6-7,12-15,26H,4-5,8-11,16H2,1-2H3. The maximum atomic E-state index is 13.5. The predicted octanol–water partition coefficient (Wildman–Crippen LogP) is 5.46. The molecule has 0 saturated heterocycles. The Morgan fingerprint density at radius 2 is 1.59 bits per heavy atom. The molecule has 0 aromatic heterocycles. The summed E-state index contributed by atoms with van der Waals surface area (Å²) in [4.78, 5) is 28.4. The van der Waals surface area contributed by atoms with E-state index in [2.05, 4.69) is 4.90 Å². The van der Waals surface area contributed by atoms with Crippen LogP contribution in [0.3, 0.4) is 0 Å². The third kappa shape index (κ3) is 3.91. The molecule has 0 unspecified atom stereocenters. The van der Waals surface area contributed by atoms with Gasteiger partial charge in [-0.25, -0.2) is 4.39 Å². The number of ketones is 2. The third-order valence-electron chi connectivity index (χ3n) is 7.05. The normalized spacial score (nSPS) is 18.7. The van der Waals surface area contributed by atoms with E-state index < -0.39 is 0 Å². The van der Waals surface area contributed by atoms with Gasteiger partial charge < -0.3 is 14.4 Å². The van der Waals surface area contributed by atoms with Crippen molar-refractivity contribution in [2.45, 2.75) is 51.0 Å². The molecule has 2 aliphatic carbocycles. The van der Waals surface area contributed by atoms with Crippen LogP contribution in [0.1, 0.15) is 55.6 Å². The Morgan fingerprint density at radius 3 is 2.21 bits per heavy atom. The highest BCUT2D eigenvalue weighted by atomic mass is 19.1. The number of benzene rings is 2. The summed E-state index contributed by atoms with van der Waals surface area (Å²) in [5.74, 6) is 0.586. The minimum Gasteiger partial charge on any atom is -0.493 e. The van der Waals surface area contributed by atoms with E-state index in [0.29, 0.717) is 29.9 Å². The number of rotatable bonds is 5. The Kier molecular flexibility index (Phi) is 5.98. The van der Waals surface area contributed by atoms with Gasteiger partial charge in [-0.3, -0.25) is 9.59 Å². The smallest absolute Gasteiger partial charge is 0.161 e. The Labute approximate surface area is 198 Å². The molecule has 0 radical (unpaired) electrons. The molecule has 0 atom stereocenters. The lowest BCUT2D eigenvalue weighted by Gasteiger charge is -2.42. The highest BCUT2D eigenvalue weighted by Crippen LogP contribution is 2.49. The van der Waals surface area contributed by atoms with E-state index in [1.807, 2.05) is 25.2 Å². The molecular weight excluding hydrogens is 433 g/mol. The van der Waals surface area contributed by atoms with Gasteiger partial charge in [0.15, 0.2) is 23.1 Å². The summed E-state index contributed by atoms with van der Waals surface area (Å²) >= 11 is 0. The largest absolute Gasteiger partial charge is 0.493 e. The molecule has 2 aromatic carbocycles. The monoisotopic (exact) mass is 461 g/mol. The highest BCUT2D eigenvalue weighted by Gasteiger charge is 2.42. The lowest BCUT2D eigenvalue weighted by atomic mass is 9.71. The van der Waals surface area contributed by atoms with Gasteiger partial charge in [-0.1, -0.05) is 18.2 Å². The average Bonchev–Trinajstić information content (AvgIpc) is 2.84. The maximum Gasteiger partial charge on any atom is 0.161 e. The van der Waals surface area contributed by atoms with Crippen LogP contribution in [0.15, 0.2) is 65.0 Å². The van der Waals surface area contributed by atoms with Crippen molar-refractivity contribution in [2.75, 3.05) is 14.2 Å². The lowest BCUT2D eigenvalue weighted by molar-refractivity contribution is -0.117. The van der Waals surface area contributed by atoms with E-state index in [1.165, 1.54) is 12.1 Å². The highest BCUT2D eigenvalue weighted by molar-refractivity contribution is 6.06. The molecule has 1 aliphatic heterocycles. The van der Waals surface area contributed by atoms with Crippen molar-refractivity contribution in [2.24, 2.45) is 0 Å². The number of allylic oxidation sites excluding steroid dienone is 4. The molecule has 3 aliphatic rings. The van der Waals surface area contributed by atoms with Crippen molar-refractivity contribution < 1.29 is 23.5 Å². The second kappa shape index (κ2) is 9.09. The van der Waals surface area contributed by atoms with E-state index in [9.17, 15) is 14.0 Å². The number of carbonyl (C=O) groups excluding carboxylic acids is 2. The van der Waals surface area contributed by atoms with Gasteiger partial charge in [0.1, 0.15) is 12.4 Å². The summed E-state index contributed by atoms with van der Waals surface area (Å²) in [6, 6.07) is 11.9. The molecule has 2 aromatic rings. The zero-order chi connectivity index (χ0) is 23.8. The summed E-state index contributed by atoms with van der Waals surface area (Å²) in [7, 11) is 3.55. The first-order valence-corrected chi connectivity index (χ1v) is 11.8. The maximum absolute atomic E-state index is 13.5. The first-order valence-electron chi connectivity index (χ1n) is 11.8. The fourth-order valence-corrected chi connectivity index (χ4v) is 5.46. The van der Waals surface area contributed by atoms with Crippen LogP contribution in [0.25, 0.3) is 0 Å². The molecule has 0 saturated carbocycles. The summed E-state index contributed by atoms with van der Waals surface area (Å²) in [6.45, 7) is 0.198. The molecule has 0 fully saturated rings. The number of hydrogen-bond acceptors (Lipinski definition) is 5. The average molecular weight is 462 g/mol. The van der Waals surface area contributed by atoms with E-state index >= 15 is 0 Å². The number of methoxy groups -OCH3 is 1. The minimum atomic E-state index is -0.382. The van der Waals surface area contributed by atoms with Crippen LogP contribution in [-0.2, 0) is 16.2 Å². The van der Waals surface area contributed by atoms with Gasteiger partial charge in [-0.15, -0.1) is 0 Å². The van der Waals surface area contributed by atoms with Crippen molar-refractivity contribution in [3.8, 4) is 11.5 Å². The van der Waals surface area contributed by atoms with Crippen LogP contribution in [0, 0.1) is 5.82 Å². The van der Waals surface area contributed by atoms with E-state index in [-0.39, 0.29) is 29.9 Å². The van der Waals surface area contributed by atoms with Crippen molar-refractivity contribution in [1.82, 2.24) is 4.90 Å². The molecule has 0 bridgehead atoms. The van der Waals surface area contributed by atoms with Crippen LogP contribution in [0.4, 0.5) is 4.39 Å². The molecule has 1 heterocycles. The van der Waals surface area contributed by atoms with Gasteiger partial charge in [0, 0.05) is 48.3 Å². The molecule has 34 heavy (non-hydrogen) atoms. The van der Waals surface area contributed by atoms with Crippen molar-refractivity contribution in [3.63, 3.8) is 0 Å². The molecule has 0 amide bonds. The van der Waals surface area contributed by atoms with Gasteiger partial charge in [-0.05, 0) is 61.1 Å². The molecular formula is C28H28FNO4. The summed E-state index contributed by atoms with van der Waals surface area (Å²) in [6.07, 6.45) is 4.36. The SMILES string of the molecule is COc1cc(C2C3=C(CCCC3=O)N(C)C3=C2C(=O)CCC3)ccc1OCc1cccc(F)c1. The number of ether oxygens (including phenoxy) is 2. The Hall–Kier alpha value is -3.41. The second-order valence-electron chi connectivity index (χ2n) is 9.10. The number of hydrogen-bond donors (Lipinski definition) is 0. The first kappa shape index (κ1) is 22.4. The Bertz CT molecular complexity index is 1180. The van der Waals surface area contributed by atoms with Gasteiger partial charge >= 0.3 is 0 Å². The third-order valence-corrected chi connectivity index (χ3v) is 7.05. The second-order valence-corrected chi connectivity index (χ2v) is 9.10. The number of halogens is 1. The number of carbonyl (C=O) groups is 2. The van der Waals surface area contributed by atoms with E-state index in [1.54, 1.807) is 19.2 Å². The molecule has 176 valence electrons. The minimum absolute atomic E-state index is 0.119. The zero-order valence-corrected chi connectivity index (χ0v) is 19.5. The Balaban J connectivity index is 1.54. The fourth-order valence-electron chi connectivity index (χ4n) is 5.46. The lowest BCUT2D eigenvalue weighted by Crippen LogP contribution is -2.37. The van der Waals surface area contributed by atoms with Gasteiger partial charge in [0.2, 0.25) is 0 Å². The van der Waals surface area contributed by atoms with E-state index in [4.69, 9.17) is 9.47 Å². The quantitative estimate of drug-likeness (QED) is 0.592. The molecule has 0 N–H and O–H groups in total. The first-order chi connectivity index (χ1) is 16.5. The predicted molar refractivity (Wildman–Crippen MR) is 126 cm³/mol. The molecule has 5 rings (SSSR count). The van der Waals surface area contributed by atoms with E-state index in [0.717, 1.165) is 53.8 Å². The van der Waals surface area contributed by atoms with Crippen LogP contribution < -0.4 is 9.47 Å². The van der Waals surface area contributed by atoms with Gasteiger partial charge in [0.05, 0.1) is 7.11 Å². The summed E-state index contributed by atoms with van der Waals surface area (Å²) in [5, 5.41) is 0. The molecule has 0 spiro atoms. The van der Waals surface area contributed by atoms with Crippen LogP contribution in [-0.4, -0.2) is 30.6 Å². The van der Waals surface area contributed by atoms with Crippen LogP contribution in [0.5, 0.6) is 11.5 Å². The molecule has 6 heteroatoms. The fraction of sp³-hybridized carbons (Fsp3) is 0.357. The van der Waals surface area contributed by atoms with Gasteiger partial charge in [-0.2, -0.15) is 0 Å². The van der Waals surface area contributed by atoms with Crippen molar-refractivity contribution >= 4 is 11.6 Å². The summed E-state index contributed by atoms with van der Waals surface area (Å²) in [5.41, 5.74) is 5.15. The number of nitrogens with zero attached hydrogens (tertiary/aromatic N) is 1. The molecule has 5 nitrogen and oxygen atoms in total. The Morgan fingerprint density at radius 1 is 0.912 bits per heavy atom. The zero-order valence-electron chi connectivity index (χ0n) is 19.5. The van der Waals surface area contributed by atoms with Crippen molar-refractivity contribution in [3.05, 3.63) is 81.9 Å². The van der Waals surface area contributed by atoms with Crippen LogP contribution >= 0.6 is 0 Å². The van der Waals surface area contributed by atoms with Crippen LogP contribution in [0.2, 0.25) is 0 Å². The summed E-state index contributed by atoms with van der Waals surface area (Å²) < 4.78 is 25.1.